The van der Waals surface area contributed by atoms with Crippen LogP contribution in [0.25, 0.3) is 0 Å². The Kier molecular flexibility index (Phi) is 4.20. The molecule has 4 N–H and O–H groups in total. The van der Waals surface area contributed by atoms with Gasteiger partial charge >= 0.3 is 0 Å². The highest BCUT2D eigenvalue weighted by Crippen LogP contribution is 2.28. The van der Waals surface area contributed by atoms with Crippen molar-refractivity contribution in [1.29, 1.82) is 0 Å². The van der Waals surface area contributed by atoms with Gasteiger partial charge in [-0.05, 0) is 43.7 Å². The van der Waals surface area contributed by atoms with Gasteiger partial charge in [-0.1, -0.05) is 19.4 Å². The van der Waals surface area contributed by atoms with Gasteiger partial charge in [-0.25, -0.2) is 10.8 Å². The maximum atomic E-state index is 5.35. The van der Waals surface area contributed by atoms with Crippen LogP contribution in [0.2, 0.25) is 0 Å². The lowest BCUT2D eigenvalue weighted by molar-refractivity contribution is 0.330. The third kappa shape index (κ3) is 3.33. The molecule has 1 aromatic heterocycles. The molecular formula is C13H22N4. The molecule has 0 spiro atoms. The minimum absolute atomic E-state index is 0.568. The molecule has 1 aliphatic carbocycles. The molecule has 0 atom stereocenters. The molecule has 1 aliphatic rings. The molecule has 1 fully saturated rings. The number of nitrogen functional groups attached to an aromatic ring is 1. The first kappa shape index (κ1) is 12.2. The summed E-state index contributed by atoms with van der Waals surface area (Å²) in [6.07, 6.45) is 6.49. The zero-order valence-electron chi connectivity index (χ0n) is 10.4. The Morgan fingerprint density at radius 1 is 1.24 bits per heavy atom. The predicted molar refractivity (Wildman–Crippen MR) is 71.7 cm³/mol. The molecule has 0 bridgehead atoms. The highest BCUT2D eigenvalue weighted by molar-refractivity contribution is 5.44. The molecule has 94 valence electrons. The Hall–Kier alpha value is -1.29. The molecule has 0 radical (unpaired) electrons. The van der Waals surface area contributed by atoms with E-state index in [2.05, 4.69) is 22.7 Å². The van der Waals surface area contributed by atoms with Crippen LogP contribution in [-0.2, 0) is 0 Å². The van der Waals surface area contributed by atoms with Gasteiger partial charge in [-0.3, -0.25) is 0 Å². The second-order valence-electron chi connectivity index (χ2n) is 4.82. The van der Waals surface area contributed by atoms with Crippen molar-refractivity contribution in [1.82, 2.24) is 4.98 Å². The van der Waals surface area contributed by atoms with E-state index in [1.165, 1.54) is 32.1 Å². The minimum atomic E-state index is 0.568. The van der Waals surface area contributed by atoms with E-state index in [4.69, 9.17) is 5.84 Å². The van der Waals surface area contributed by atoms with Crippen LogP contribution in [0.1, 0.15) is 39.0 Å². The molecule has 1 aromatic rings. The van der Waals surface area contributed by atoms with Gasteiger partial charge in [0.15, 0.2) is 0 Å². The lowest BCUT2D eigenvalue weighted by Gasteiger charge is -2.28. The first-order chi connectivity index (χ1) is 8.31. The number of aromatic nitrogens is 1. The number of hydrogen-bond acceptors (Lipinski definition) is 4. The Labute approximate surface area is 103 Å². The number of anilines is 2. The first-order valence-electron chi connectivity index (χ1n) is 6.52. The minimum Gasteiger partial charge on any atom is -0.367 e. The molecular weight excluding hydrogens is 212 g/mol. The summed E-state index contributed by atoms with van der Waals surface area (Å²) in [5.41, 5.74) is 2.57. The van der Waals surface area contributed by atoms with E-state index < -0.39 is 0 Å². The lowest BCUT2D eigenvalue weighted by Crippen LogP contribution is -2.26. The maximum absolute atomic E-state index is 5.35. The van der Waals surface area contributed by atoms with Gasteiger partial charge in [0.25, 0.3) is 0 Å². The number of hydrogen-bond donors (Lipinski definition) is 3. The highest BCUT2D eigenvalue weighted by atomic mass is 15.3. The number of nitrogens with two attached hydrogens (primary N) is 1. The van der Waals surface area contributed by atoms with Crippen LogP contribution in [0.15, 0.2) is 18.2 Å². The summed E-state index contributed by atoms with van der Waals surface area (Å²) < 4.78 is 0. The Balaban J connectivity index is 1.88. The van der Waals surface area contributed by atoms with Gasteiger partial charge in [0.1, 0.15) is 11.6 Å². The molecule has 2 rings (SSSR count). The zero-order chi connectivity index (χ0) is 12.1. The van der Waals surface area contributed by atoms with Crippen molar-refractivity contribution in [2.45, 2.75) is 45.1 Å². The normalized spacial score (nSPS) is 24.4. The van der Waals surface area contributed by atoms with Gasteiger partial charge in [0.05, 0.1) is 0 Å². The number of nitrogens with one attached hydrogen (secondary N) is 2. The Morgan fingerprint density at radius 2 is 1.94 bits per heavy atom. The monoisotopic (exact) mass is 234 g/mol. The molecule has 1 saturated carbocycles. The predicted octanol–water partition coefficient (Wildman–Crippen LogP) is 2.75. The second-order valence-corrected chi connectivity index (χ2v) is 4.82. The average Bonchev–Trinajstić information content (AvgIpc) is 2.40. The summed E-state index contributed by atoms with van der Waals surface area (Å²) in [5, 5.41) is 3.49. The molecule has 0 aromatic carbocycles. The van der Waals surface area contributed by atoms with E-state index in [0.29, 0.717) is 11.9 Å². The topological polar surface area (TPSA) is 63.0 Å². The van der Waals surface area contributed by atoms with Gasteiger partial charge in [0.2, 0.25) is 0 Å². The van der Waals surface area contributed by atoms with Crippen LogP contribution in [0.3, 0.4) is 0 Å². The largest absolute Gasteiger partial charge is 0.367 e. The second kappa shape index (κ2) is 5.87. The SMILES string of the molecule is CCC1CCC(Nc2cccc(NN)n2)CC1. The number of nitrogens with zero attached hydrogens (tertiary/aromatic N) is 1. The number of pyridine rings is 1. The molecule has 0 unspecified atom stereocenters. The number of rotatable bonds is 4. The van der Waals surface area contributed by atoms with Crippen molar-refractivity contribution in [3.8, 4) is 0 Å². The highest BCUT2D eigenvalue weighted by Gasteiger charge is 2.19. The van der Waals surface area contributed by atoms with Crippen LogP contribution < -0.4 is 16.6 Å². The van der Waals surface area contributed by atoms with E-state index in [0.717, 1.165) is 11.7 Å². The summed E-state index contributed by atoms with van der Waals surface area (Å²) >= 11 is 0. The van der Waals surface area contributed by atoms with Crippen molar-refractivity contribution in [3.63, 3.8) is 0 Å². The molecule has 4 nitrogen and oxygen atoms in total. The molecule has 0 saturated heterocycles. The van der Waals surface area contributed by atoms with E-state index in [1.807, 2.05) is 18.2 Å². The Bertz CT molecular complexity index is 345. The molecule has 0 amide bonds. The molecule has 4 heteroatoms. The fourth-order valence-electron chi connectivity index (χ4n) is 2.52. The van der Waals surface area contributed by atoms with Crippen LogP contribution in [0, 0.1) is 5.92 Å². The van der Waals surface area contributed by atoms with Gasteiger partial charge in [0, 0.05) is 6.04 Å². The van der Waals surface area contributed by atoms with Crippen molar-refractivity contribution < 1.29 is 0 Å². The van der Waals surface area contributed by atoms with E-state index >= 15 is 0 Å². The fourth-order valence-corrected chi connectivity index (χ4v) is 2.52. The molecule has 1 heterocycles. The lowest BCUT2D eigenvalue weighted by atomic mass is 9.84. The summed E-state index contributed by atoms with van der Waals surface area (Å²) in [4.78, 5) is 4.38. The zero-order valence-corrected chi connectivity index (χ0v) is 10.4. The van der Waals surface area contributed by atoms with E-state index in [-0.39, 0.29) is 0 Å². The summed E-state index contributed by atoms with van der Waals surface area (Å²) in [5.74, 6) is 7.90. The Morgan fingerprint density at radius 3 is 2.59 bits per heavy atom. The van der Waals surface area contributed by atoms with Crippen LogP contribution in [-0.4, -0.2) is 11.0 Å². The smallest absolute Gasteiger partial charge is 0.142 e. The average molecular weight is 234 g/mol. The fraction of sp³-hybridized carbons (Fsp3) is 0.615. The van der Waals surface area contributed by atoms with Gasteiger partial charge < -0.3 is 10.7 Å². The van der Waals surface area contributed by atoms with Crippen LogP contribution >= 0.6 is 0 Å². The standard InChI is InChI=1S/C13H22N4/c1-2-10-6-8-11(9-7-10)15-12-4-3-5-13(16-12)17-14/h3-5,10-11H,2,6-9,14H2,1H3,(H2,15,16,17). The van der Waals surface area contributed by atoms with E-state index in [9.17, 15) is 0 Å². The van der Waals surface area contributed by atoms with Crippen molar-refractivity contribution in [3.05, 3.63) is 18.2 Å². The number of hydrazine groups is 1. The van der Waals surface area contributed by atoms with Crippen molar-refractivity contribution in [2.75, 3.05) is 10.7 Å². The molecule has 17 heavy (non-hydrogen) atoms. The van der Waals surface area contributed by atoms with Gasteiger partial charge in [-0.2, -0.15) is 0 Å². The van der Waals surface area contributed by atoms with E-state index in [1.54, 1.807) is 0 Å². The third-order valence-corrected chi connectivity index (χ3v) is 3.67. The van der Waals surface area contributed by atoms with Crippen molar-refractivity contribution >= 4 is 11.6 Å². The first-order valence-corrected chi connectivity index (χ1v) is 6.52. The third-order valence-electron chi connectivity index (χ3n) is 3.67. The molecule has 0 aliphatic heterocycles. The summed E-state index contributed by atoms with van der Waals surface area (Å²) in [6.45, 7) is 2.29. The maximum Gasteiger partial charge on any atom is 0.142 e. The van der Waals surface area contributed by atoms with Crippen LogP contribution in [0.5, 0.6) is 0 Å². The van der Waals surface area contributed by atoms with Crippen molar-refractivity contribution in [2.24, 2.45) is 11.8 Å². The van der Waals surface area contributed by atoms with Crippen LogP contribution in [0.4, 0.5) is 11.6 Å². The summed E-state index contributed by atoms with van der Waals surface area (Å²) in [6, 6.07) is 6.38. The summed E-state index contributed by atoms with van der Waals surface area (Å²) in [7, 11) is 0. The quantitative estimate of drug-likeness (QED) is 0.553. The van der Waals surface area contributed by atoms with Gasteiger partial charge in [-0.15, -0.1) is 0 Å².